The summed E-state index contributed by atoms with van der Waals surface area (Å²) in [5, 5.41) is 5.64. The van der Waals surface area contributed by atoms with Crippen LogP contribution in [0.15, 0.2) is 0 Å². The molecule has 2 aliphatic rings. The van der Waals surface area contributed by atoms with E-state index in [1.54, 1.807) is 0 Å². The van der Waals surface area contributed by atoms with Gasteiger partial charge in [-0.25, -0.2) is 4.79 Å². The molecule has 1 aliphatic carbocycles. The molecule has 0 bridgehead atoms. The predicted molar refractivity (Wildman–Crippen MR) is 87.7 cm³/mol. The minimum atomic E-state index is -0.831. The summed E-state index contributed by atoms with van der Waals surface area (Å²) in [6.45, 7) is 8.80. The third-order valence-corrected chi connectivity index (χ3v) is 4.78. The van der Waals surface area contributed by atoms with Crippen molar-refractivity contribution in [2.24, 2.45) is 11.3 Å². The van der Waals surface area contributed by atoms with Gasteiger partial charge in [-0.15, -0.1) is 0 Å². The molecular formula is C17H29N3O3. The Labute approximate surface area is 138 Å². The molecule has 0 aromatic heterocycles. The number of rotatable bonds is 5. The van der Waals surface area contributed by atoms with Crippen LogP contribution in [0.2, 0.25) is 0 Å². The predicted octanol–water partition coefficient (Wildman–Crippen LogP) is 2.04. The van der Waals surface area contributed by atoms with E-state index in [1.807, 2.05) is 6.92 Å². The monoisotopic (exact) mass is 323 g/mol. The van der Waals surface area contributed by atoms with Gasteiger partial charge in [0.25, 0.3) is 5.91 Å². The van der Waals surface area contributed by atoms with Gasteiger partial charge < -0.3 is 10.6 Å². The molecule has 2 rings (SSSR count). The first kappa shape index (κ1) is 17.8. The standard InChI is InChI=1S/C17H29N3O3/c1-5-6-7-18-13(21)10-20-14(22)17(19-15(20)23)9-12(2)8-16(3,4)11-17/h12H,5-11H2,1-4H3,(H,18,21)(H,19,23). The molecule has 1 saturated heterocycles. The van der Waals surface area contributed by atoms with Gasteiger partial charge in [-0.05, 0) is 37.0 Å². The quantitative estimate of drug-likeness (QED) is 0.600. The zero-order valence-corrected chi connectivity index (χ0v) is 14.7. The van der Waals surface area contributed by atoms with Gasteiger partial charge in [0.05, 0.1) is 0 Å². The lowest BCUT2D eigenvalue weighted by Crippen LogP contribution is -2.54. The second-order valence-electron chi connectivity index (χ2n) is 7.96. The van der Waals surface area contributed by atoms with Gasteiger partial charge in [-0.3, -0.25) is 14.5 Å². The zero-order valence-electron chi connectivity index (χ0n) is 14.7. The number of hydrogen-bond donors (Lipinski definition) is 2. The highest BCUT2D eigenvalue weighted by Gasteiger charge is 2.56. The first-order valence-electron chi connectivity index (χ1n) is 8.60. The number of hydrogen-bond acceptors (Lipinski definition) is 3. The largest absolute Gasteiger partial charge is 0.355 e. The molecule has 0 radical (unpaired) electrons. The summed E-state index contributed by atoms with van der Waals surface area (Å²) in [7, 11) is 0. The second kappa shape index (κ2) is 6.49. The number of imide groups is 1. The van der Waals surface area contributed by atoms with Crippen LogP contribution < -0.4 is 10.6 Å². The average molecular weight is 323 g/mol. The number of amides is 4. The molecule has 6 nitrogen and oxygen atoms in total. The lowest BCUT2D eigenvalue weighted by Gasteiger charge is -2.43. The maximum atomic E-state index is 12.9. The van der Waals surface area contributed by atoms with Gasteiger partial charge in [-0.1, -0.05) is 34.1 Å². The molecule has 2 fully saturated rings. The Bertz CT molecular complexity index is 503. The Balaban J connectivity index is 2.06. The molecule has 4 amide bonds. The van der Waals surface area contributed by atoms with Crippen LogP contribution in [0.1, 0.15) is 59.8 Å². The molecule has 1 heterocycles. The van der Waals surface area contributed by atoms with Gasteiger partial charge in [0.2, 0.25) is 5.91 Å². The van der Waals surface area contributed by atoms with Crippen molar-refractivity contribution in [2.75, 3.05) is 13.1 Å². The summed E-state index contributed by atoms with van der Waals surface area (Å²) in [5.74, 6) is -0.156. The minimum Gasteiger partial charge on any atom is -0.355 e. The number of carbonyl (C=O) groups excluding carboxylic acids is 3. The van der Waals surface area contributed by atoms with Crippen LogP contribution in [0.5, 0.6) is 0 Å². The van der Waals surface area contributed by atoms with Crippen LogP contribution >= 0.6 is 0 Å². The van der Waals surface area contributed by atoms with Gasteiger partial charge in [-0.2, -0.15) is 0 Å². The Morgan fingerprint density at radius 2 is 2.04 bits per heavy atom. The lowest BCUT2D eigenvalue weighted by atomic mass is 9.64. The Morgan fingerprint density at radius 1 is 1.35 bits per heavy atom. The van der Waals surface area contributed by atoms with E-state index in [-0.39, 0.29) is 23.8 Å². The van der Waals surface area contributed by atoms with Crippen LogP contribution in [0.4, 0.5) is 4.79 Å². The van der Waals surface area contributed by atoms with Crippen LogP contribution in [0.25, 0.3) is 0 Å². The van der Waals surface area contributed by atoms with E-state index >= 15 is 0 Å². The molecule has 1 saturated carbocycles. The molecule has 2 N–H and O–H groups in total. The molecule has 0 aromatic carbocycles. The van der Waals surface area contributed by atoms with E-state index in [1.165, 1.54) is 0 Å². The average Bonchev–Trinajstić information content (AvgIpc) is 2.60. The topological polar surface area (TPSA) is 78.5 Å². The van der Waals surface area contributed by atoms with Gasteiger partial charge in [0, 0.05) is 6.54 Å². The Morgan fingerprint density at radius 3 is 2.65 bits per heavy atom. The smallest absolute Gasteiger partial charge is 0.325 e. The van der Waals surface area contributed by atoms with Gasteiger partial charge >= 0.3 is 6.03 Å². The number of unbranched alkanes of at least 4 members (excludes halogenated alkanes) is 1. The van der Waals surface area contributed by atoms with E-state index < -0.39 is 11.6 Å². The van der Waals surface area contributed by atoms with Crippen molar-refractivity contribution in [1.82, 2.24) is 15.5 Å². The first-order chi connectivity index (χ1) is 10.7. The second-order valence-corrected chi connectivity index (χ2v) is 7.96. The number of urea groups is 1. The van der Waals surface area contributed by atoms with Crippen molar-refractivity contribution in [3.8, 4) is 0 Å². The SMILES string of the molecule is CCCCNC(=O)CN1C(=O)NC2(CC(C)CC(C)(C)C2)C1=O. The molecule has 23 heavy (non-hydrogen) atoms. The molecule has 130 valence electrons. The number of carbonyl (C=O) groups is 3. The van der Waals surface area contributed by atoms with Gasteiger partial charge in [0.1, 0.15) is 12.1 Å². The zero-order chi connectivity index (χ0) is 17.3. The highest BCUT2D eigenvalue weighted by molar-refractivity contribution is 6.09. The summed E-state index contributed by atoms with van der Waals surface area (Å²) >= 11 is 0. The molecule has 2 unspecified atom stereocenters. The minimum absolute atomic E-state index is 0.00000147. The first-order valence-corrected chi connectivity index (χ1v) is 8.60. The van der Waals surface area contributed by atoms with E-state index in [9.17, 15) is 14.4 Å². The summed E-state index contributed by atoms with van der Waals surface area (Å²) < 4.78 is 0. The van der Waals surface area contributed by atoms with Gasteiger partial charge in [0.15, 0.2) is 0 Å². The van der Waals surface area contributed by atoms with Crippen molar-refractivity contribution in [3.63, 3.8) is 0 Å². The fraction of sp³-hybridized carbons (Fsp3) is 0.824. The third kappa shape index (κ3) is 3.85. The summed E-state index contributed by atoms with van der Waals surface area (Å²) in [5.41, 5.74) is -0.831. The molecule has 0 aromatic rings. The van der Waals surface area contributed by atoms with E-state index in [0.29, 0.717) is 25.3 Å². The highest BCUT2D eigenvalue weighted by atomic mass is 16.2. The molecule has 2 atom stereocenters. The summed E-state index contributed by atoms with van der Waals surface area (Å²) in [4.78, 5) is 38.1. The normalized spacial score (nSPS) is 29.7. The van der Waals surface area contributed by atoms with Crippen LogP contribution in [0, 0.1) is 11.3 Å². The van der Waals surface area contributed by atoms with Crippen molar-refractivity contribution >= 4 is 17.8 Å². The third-order valence-electron chi connectivity index (χ3n) is 4.78. The van der Waals surface area contributed by atoms with Crippen LogP contribution in [-0.2, 0) is 9.59 Å². The lowest BCUT2D eigenvalue weighted by molar-refractivity contribution is -0.137. The molecule has 1 aliphatic heterocycles. The Kier molecular flexibility index (Phi) is 5.01. The van der Waals surface area contributed by atoms with Crippen molar-refractivity contribution < 1.29 is 14.4 Å². The summed E-state index contributed by atoms with van der Waals surface area (Å²) in [6.07, 6.45) is 4.19. The van der Waals surface area contributed by atoms with Crippen LogP contribution in [-0.4, -0.2) is 41.4 Å². The maximum Gasteiger partial charge on any atom is 0.325 e. The Hall–Kier alpha value is -1.59. The molecule has 6 heteroatoms. The van der Waals surface area contributed by atoms with Crippen molar-refractivity contribution in [3.05, 3.63) is 0 Å². The highest BCUT2D eigenvalue weighted by Crippen LogP contribution is 2.46. The fourth-order valence-corrected chi connectivity index (χ4v) is 4.25. The maximum absolute atomic E-state index is 12.9. The van der Waals surface area contributed by atoms with Crippen LogP contribution in [0.3, 0.4) is 0 Å². The fourth-order valence-electron chi connectivity index (χ4n) is 4.25. The van der Waals surface area contributed by atoms with Crippen molar-refractivity contribution in [2.45, 2.75) is 65.3 Å². The van der Waals surface area contributed by atoms with E-state index in [4.69, 9.17) is 0 Å². The molecule has 1 spiro atoms. The molecular weight excluding hydrogens is 294 g/mol. The number of nitrogens with one attached hydrogen (secondary N) is 2. The van der Waals surface area contributed by atoms with E-state index in [2.05, 4.69) is 31.4 Å². The van der Waals surface area contributed by atoms with E-state index in [0.717, 1.165) is 24.2 Å². The van der Waals surface area contributed by atoms with Crippen molar-refractivity contribution in [1.29, 1.82) is 0 Å². The number of nitrogens with zero attached hydrogens (tertiary/aromatic N) is 1. The summed E-state index contributed by atoms with van der Waals surface area (Å²) in [6, 6.07) is -0.439.